The average molecular weight is 546 g/mol. The molecule has 5 N–H and O–H groups in total. The van der Waals surface area contributed by atoms with Crippen molar-refractivity contribution in [1.29, 1.82) is 0 Å². The molecule has 0 radical (unpaired) electrons. The number of nitrogens with zero attached hydrogens (tertiary/aromatic N) is 2. The van der Waals surface area contributed by atoms with Crippen LogP contribution in [0.5, 0.6) is 0 Å². The number of aromatic amines is 1. The second-order valence-corrected chi connectivity index (χ2v) is 11.2. The van der Waals surface area contributed by atoms with E-state index in [1.165, 1.54) is 18.0 Å². The summed E-state index contributed by atoms with van der Waals surface area (Å²) in [7, 11) is -4.76. The first-order valence-corrected chi connectivity index (χ1v) is 13.1. The summed E-state index contributed by atoms with van der Waals surface area (Å²) in [5, 5.41) is 22.4. The van der Waals surface area contributed by atoms with Gasteiger partial charge in [-0.25, -0.2) is 14.2 Å². The highest BCUT2D eigenvalue weighted by Gasteiger charge is 2.50. The summed E-state index contributed by atoms with van der Waals surface area (Å²) in [4.78, 5) is 64.4. The fourth-order valence-corrected chi connectivity index (χ4v) is 6.03. The number of H-pyrrole nitrogens is 1. The van der Waals surface area contributed by atoms with Crippen LogP contribution in [-0.2, 0) is 34.3 Å². The Morgan fingerprint density at radius 1 is 1.16 bits per heavy atom. The highest BCUT2D eigenvalue weighted by Crippen LogP contribution is 2.48. The summed E-state index contributed by atoms with van der Waals surface area (Å²) < 4.78 is 35.3. The smallest absolute Gasteiger partial charge is 0.394 e. The minimum atomic E-state index is -4.76. The number of imide groups is 1. The molecule has 8 atom stereocenters. The Labute approximate surface area is 208 Å². The number of hydrogen-bond acceptors (Lipinski definition) is 11. The van der Waals surface area contributed by atoms with Crippen LogP contribution in [0.25, 0.3) is 0 Å². The van der Waals surface area contributed by atoms with Crippen molar-refractivity contribution in [2.24, 2.45) is 5.41 Å². The van der Waals surface area contributed by atoms with Gasteiger partial charge in [-0.3, -0.25) is 38.4 Å². The van der Waals surface area contributed by atoms with Gasteiger partial charge in [-0.15, -0.1) is 0 Å². The molecule has 0 aromatic carbocycles. The molecule has 5 heterocycles. The van der Waals surface area contributed by atoms with E-state index >= 15 is 0 Å². The molecular formula is C20H27N4O12P. The molecule has 3 saturated heterocycles. The van der Waals surface area contributed by atoms with Crippen molar-refractivity contribution in [3.63, 3.8) is 0 Å². The van der Waals surface area contributed by atoms with Crippen LogP contribution in [0.1, 0.15) is 31.6 Å². The van der Waals surface area contributed by atoms with Crippen molar-refractivity contribution in [2.75, 3.05) is 19.8 Å². The number of hydrogen-bond donors (Lipinski definition) is 5. The monoisotopic (exact) mass is 546 g/mol. The van der Waals surface area contributed by atoms with E-state index in [9.17, 15) is 38.8 Å². The summed E-state index contributed by atoms with van der Waals surface area (Å²) in [5.41, 5.74) is -2.85. The standard InChI is InChI=1S/C20H27N4O12P/c1-20-4-9-5-23(18(29)21-16(9)27)14-2-10(26)13(35-14)7-33-37(31,32)36-11-3-15(34-12(11)6-25)24(8-20)19(30)22-17(20)28/h5,10-15,25-26H,2-4,6-8H2,1H3,(H,31,32)(H,21,27,29)(H,22,28,30)/t10-,11-,12+,13+,14+,15?,20+/m0/s1. The molecule has 8 bridgehead atoms. The summed E-state index contributed by atoms with van der Waals surface area (Å²) >= 11 is 0. The molecule has 4 aliphatic rings. The van der Waals surface area contributed by atoms with Crippen LogP contribution >= 0.6 is 7.82 Å². The molecule has 17 heteroatoms. The van der Waals surface area contributed by atoms with E-state index in [0.717, 1.165) is 4.57 Å². The van der Waals surface area contributed by atoms with Gasteiger partial charge in [0.05, 0.1) is 24.7 Å². The molecule has 1 aromatic heterocycles. The van der Waals surface area contributed by atoms with Gasteiger partial charge in [0.2, 0.25) is 5.91 Å². The van der Waals surface area contributed by atoms with E-state index in [4.69, 9.17) is 18.5 Å². The van der Waals surface area contributed by atoms with Crippen LogP contribution in [0, 0.1) is 5.41 Å². The predicted octanol–water partition coefficient (Wildman–Crippen LogP) is -2.09. The lowest BCUT2D eigenvalue weighted by molar-refractivity contribution is -0.136. The van der Waals surface area contributed by atoms with Crippen molar-refractivity contribution in [3.05, 3.63) is 32.6 Å². The number of ether oxygens (including phenoxy) is 2. The van der Waals surface area contributed by atoms with Gasteiger partial charge in [-0.2, -0.15) is 0 Å². The first kappa shape index (κ1) is 26.2. The predicted molar refractivity (Wildman–Crippen MR) is 119 cm³/mol. The third-order valence-corrected chi connectivity index (χ3v) is 8.08. The number of fused-ring (bicyclic) bond motifs is 10. The minimum Gasteiger partial charge on any atom is -0.394 e. The van der Waals surface area contributed by atoms with E-state index in [1.54, 1.807) is 0 Å². The van der Waals surface area contributed by atoms with Gasteiger partial charge in [0.1, 0.15) is 30.8 Å². The first-order chi connectivity index (χ1) is 17.4. The maximum absolute atomic E-state index is 12.9. The zero-order valence-electron chi connectivity index (χ0n) is 19.6. The van der Waals surface area contributed by atoms with Gasteiger partial charge in [-0.05, 0) is 13.3 Å². The number of aliphatic hydroxyl groups excluding tert-OH is 2. The second-order valence-electron chi connectivity index (χ2n) is 9.83. The van der Waals surface area contributed by atoms with E-state index in [1.807, 2.05) is 0 Å². The third kappa shape index (κ3) is 4.91. The maximum Gasteiger partial charge on any atom is 0.472 e. The van der Waals surface area contributed by atoms with Gasteiger partial charge in [0, 0.05) is 31.1 Å². The van der Waals surface area contributed by atoms with Gasteiger partial charge >= 0.3 is 19.5 Å². The van der Waals surface area contributed by atoms with Gasteiger partial charge in [0.15, 0.2) is 0 Å². The highest BCUT2D eigenvalue weighted by molar-refractivity contribution is 7.47. The van der Waals surface area contributed by atoms with Crippen LogP contribution in [-0.4, -0.2) is 91.9 Å². The van der Waals surface area contributed by atoms with Crippen LogP contribution in [0.4, 0.5) is 4.79 Å². The Balaban J connectivity index is 1.56. The Morgan fingerprint density at radius 2 is 1.92 bits per heavy atom. The molecule has 16 nitrogen and oxygen atoms in total. The van der Waals surface area contributed by atoms with Crippen LogP contribution in [0.3, 0.4) is 0 Å². The number of amides is 3. The van der Waals surface area contributed by atoms with Gasteiger partial charge in [-0.1, -0.05) is 0 Å². The normalized spacial score (nSPS) is 40.4. The van der Waals surface area contributed by atoms with Crippen LogP contribution < -0.4 is 16.6 Å². The van der Waals surface area contributed by atoms with Crippen molar-refractivity contribution in [1.82, 2.24) is 19.8 Å². The quantitative estimate of drug-likeness (QED) is 0.240. The summed E-state index contributed by atoms with van der Waals surface area (Å²) in [6.45, 7) is 0.146. The average Bonchev–Trinajstić information content (AvgIpc) is 3.39. The van der Waals surface area contributed by atoms with Crippen LogP contribution in [0.2, 0.25) is 0 Å². The largest absolute Gasteiger partial charge is 0.472 e. The Bertz CT molecular complexity index is 1270. The molecular weight excluding hydrogens is 519 g/mol. The number of phosphoric ester groups is 1. The topological polar surface area (TPSA) is 219 Å². The number of carbonyl (C=O) groups is 2. The molecule has 37 heavy (non-hydrogen) atoms. The van der Waals surface area contributed by atoms with Crippen LogP contribution in [0.15, 0.2) is 15.8 Å². The number of carbonyl (C=O) groups excluding carboxylic acids is 2. The van der Waals surface area contributed by atoms with E-state index < -0.39 is 86.5 Å². The maximum atomic E-state index is 12.9. The molecule has 0 saturated carbocycles. The fourth-order valence-electron chi connectivity index (χ4n) is 5.07. The summed E-state index contributed by atoms with van der Waals surface area (Å²) in [5.74, 6) is -0.658. The van der Waals surface area contributed by atoms with E-state index in [0.29, 0.717) is 0 Å². The first-order valence-electron chi connectivity index (χ1n) is 11.6. The zero-order valence-corrected chi connectivity index (χ0v) is 20.5. The van der Waals surface area contributed by atoms with Crippen molar-refractivity contribution in [3.8, 4) is 0 Å². The van der Waals surface area contributed by atoms with Gasteiger partial charge < -0.3 is 24.6 Å². The fraction of sp³-hybridized carbons (Fsp3) is 0.700. The number of phosphoric acid groups is 1. The molecule has 0 spiro atoms. The SMILES string of the molecule is C[C@@]12Cc3cn(c(=O)[nH]c3=O)[C@H]3C[C@H](O)[C@@H](COP(=O)(O)O[C@H]4CC(O[C@@H]4CO)N(C1)C(=O)NC2=O)O3. The van der Waals surface area contributed by atoms with Gasteiger partial charge in [0.25, 0.3) is 5.56 Å². The lowest BCUT2D eigenvalue weighted by Gasteiger charge is -2.41. The summed E-state index contributed by atoms with van der Waals surface area (Å²) in [6.07, 6.45) is -5.81. The molecule has 2 unspecified atom stereocenters. The number of aromatic nitrogens is 2. The molecule has 5 rings (SSSR count). The number of urea groups is 1. The lowest BCUT2D eigenvalue weighted by Crippen LogP contribution is -2.62. The third-order valence-electron chi connectivity index (χ3n) is 7.06. The number of rotatable bonds is 1. The molecule has 3 amide bonds. The number of aliphatic hydroxyl groups is 2. The van der Waals surface area contributed by atoms with E-state index in [2.05, 4.69) is 10.3 Å². The van der Waals surface area contributed by atoms with Crippen molar-refractivity contribution in [2.45, 2.75) is 63.1 Å². The minimum absolute atomic E-state index is 0.0512. The summed E-state index contributed by atoms with van der Waals surface area (Å²) in [6, 6.07) is -0.787. The second kappa shape index (κ2) is 9.39. The zero-order chi connectivity index (χ0) is 26.7. The molecule has 204 valence electrons. The Morgan fingerprint density at radius 3 is 2.65 bits per heavy atom. The molecule has 1 aromatic rings. The Kier molecular flexibility index (Phi) is 6.65. The van der Waals surface area contributed by atoms with Crippen molar-refractivity contribution < 1.29 is 47.8 Å². The van der Waals surface area contributed by atoms with E-state index in [-0.39, 0.29) is 31.4 Å². The molecule has 4 aliphatic heterocycles. The molecule has 3 fully saturated rings. The van der Waals surface area contributed by atoms with Crippen molar-refractivity contribution >= 4 is 19.8 Å². The highest BCUT2D eigenvalue weighted by atomic mass is 31.2. The lowest BCUT2D eigenvalue weighted by atomic mass is 9.81. The molecule has 0 aliphatic carbocycles. The Hall–Kier alpha value is -2.43. The number of nitrogens with one attached hydrogen (secondary N) is 2.